The highest BCUT2D eigenvalue weighted by Crippen LogP contribution is 2.16. The lowest BCUT2D eigenvalue weighted by atomic mass is 10.0. The number of hydrogen-bond acceptors (Lipinski definition) is 3. The highest BCUT2D eigenvalue weighted by atomic mass is 35.5. The van der Waals surface area contributed by atoms with Crippen LogP contribution in [0.15, 0.2) is 0 Å². The Kier molecular flexibility index (Phi) is 7.63. The van der Waals surface area contributed by atoms with Gasteiger partial charge in [0.2, 0.25) is 5.91 Å². The molecular weight excluding hydrogens is 252 g/mol. The van der Waals surface area contributed by atoms with Crippen LogP contribution in [-0.4, -0.2) is 37.7 Å². The summed E-state index contributed by atoms with van der Waals surface area (Å²) in [7, 11) is 0. The minimum atomic E-state index is 0. The van der Waals surface area contributed by atoms with E-state index in [1.165, 1.54) is 12.8 Å². The largest absolute Gasteiger partial charge is 0.378 e. The molecule has 2 rings (SSSR count). The summed E-state index contributed by atoms with van der Waals surface area (Å²) < 4.78 is 5.63. The van der Waals surface area contributed by atoms with E-state index < -0.39 is 0 Å². The molecular formula is C13H25ClN2O2. The fourth-order valence-electron chi connectivity index (χ4n) is 2.60. The molecule has 1 amide bonds. The average molecular weight is 277 g/mol. The first-order chi connectivity index (χ1) is 8.34. The van der Waals surface area contributed by atoms with Crippen LogP contribution in [0, 0.1) is 0 Å². The Hall–Kier alpha value is -0.320. The number of ether oxygens (including phenoxy) is 1. The van der Waals surface area contributed by atoms with Crippen LogP contribution in [0.4, 0.5) is 0 Å². The first-order valence-electron chi connectivity index (χ1n) is 6.96. The second-order valence-electron chi connectivity index (χ2n) is 5.14. The van der Waals surface area contributed by atoms with Crippen LogP contribution < -0.4 is 10.6 Å². The van der Waals surface area contributed by atoms with Gasteiger partial charge in [-0.3, -0.25) is 4.79 Å². The van der Waals surface area contributed by atoms with E-state index in [4.69, 9.17) is 4.74 Å². The van der Waals surface area contributed by atoms with Gasteiger partial charge in [0.15, 0.2) is 0 Å². The summed E-state index contributed by atoms with van der Waals surface area (Å²) in [6, 6.07) is 0.337. The van der Waals surface area contributed by atoms with E-state index in [0.717, 1.165) is 45.4 Å². The van der Waals surface area contributed by atoms with Crippen molar-refractivity contribution in [1.82, 2.24) is 10.6 Å². The lowest BCUT2D eigenvalue weighted by Gasteiger charge is -2.25. The van der Waals surface area contributed by atoms with Crippen molar-refractivity contribution in [3.8, 4) is 0 Å². The van der Waals surface area contributed by atoms with Crippen molar-refractivity contribution in [2.45, 2.75) is 57.1 Å². The fourth-order valence-corrected chi connectivity index (χ4v) is 2.60. The number of amides is 1. The third-order valence-electron chi connectivity index (χ3n) is 3.63. The summed E-state index contributed by atoms with van der Waals surface area (Å²) in [5.41, 5.74) is 0. The molecule has 106 valence electrons. The van der Waals surface area contributed by atoms with Crippen LogP contribution in [0.3, 0.4) is 0 Å². The lowest BCUT2D eigenvalue weighted by Crippen LogP contribution is -2.45. The van der Waals surface area contributed by atoms with Crippen molar-refractivity contribution in [3.05, 3.63) is 0 Å². The molecule has 0 aromatic heterocycles. The maximum absolute atomic E-state index is 11.8. The molecule has 2 aliphatic heterocycles. The topological polar surface area (TPSA) is 50.4 Å². The van der Waals surface area contributed by atoms with E-state index in [1.54, 1.807) is 0 Å². The van der Waals surface area contributed by atoms with Crippen LogP contribution in [0.2, 0.25) is 0 Å². The Morgan fingerprint density at radius 1 is 1.28 bits per heavy atom. The van der Waals surface area contributed by atoms with Crippen LogP contribution in [0.1, 0.15) is 44.9 Å². The molecule has 1 unspecified atom stereocenters. The van der Waals surface area contributed by atoms with Crippen molar-refractivity contribution in [3.63, 3.8) is 0 Å². The predicted molar refractivity (Wildman–Crippen MR) is 74.1 cm³/mol. The number of carbonyl (C=O) groups excluding carboxylic acids is 1. The number of carbonyl (C=O) groups is 1. The molecule has 0 saturated carbocycles. The highest BCUT2D eigenvalue weighted by molar-refractivity contribution is 5.85. The van der Waals surface area contributed by atoms with Gasteiger partial charge in [-0.05, 0) is 45.1 Å². The minimum absolute atomic E-state index is 0. The normalized spacial score (nSPS) is 28.2. The maximum Gasteiger partial charge on any atom is 0.220 e. The van der Waals surface area contributed by atoms with Crippen LogP contribution in [-0.2, 0) is 9.53 Å². The molecule has 18 heavy (non-hydrogen) atoms. The number of hydrogen-bond donors (Lipinski definition) is 2. The molecule has 2 fully saturated rings. The van der Waals surface area contributed by atoms with Gasteiger partial charge in [0, 0.05) is 25.6 Å². The molecule has 5 heteroatoms. The van der Waals surface area contributed by atoms with E-state index in [0.29, 0.717) is 18.6 Å². The summed E-state index contributed by atoms with van der Waals surface area (Å²) in [4.78, 5) is 11.8. The van der Waals surface area contributed by atoms with E-state index in [2.05, 4.69) is 10.6 Å². The number of piperidine rings is 1. The first-order valence-corrected chi connectivity index (χ1v) is 6.96. The van der Waals surface area contributed by atoms with Gasteiger partial charge >= 0.3 is 0 Å². The van der Waals surface area contributed by atoms with Crippen molar-refractivity contribution in [2.24, 2.45) is 0 Å². The highest BCUT2D eigenvalue weighted by Gasteiger charge is 2.18. The van der Waals surface area contributed by atoms with Gasteiger partial charge in [-0.1, -0.05) is 0 Å². The fraction of sp³-hybridized carbons (Fsp3) is 0.923. The molecule has 0 aromatic carbocycles. The van der Waals surface area contributed by atoms with E-state index in [1.807, 2.05) is 0 Å². The summed E-state index contributed by atoms with van der Waals surface area (Å²) in [5.74, 6) is 0.188. The molecule has 0 aliphatic carbocycles. The molecule has 2 N–H and O–H groups in total. The zero-order valence-corrected chi connectivity index (χ0v) is 11.8. The van der Waals surface area contributed by atoms with Gasteiger partial charge in [0.25, 0.3) is 0 Å². The summed E-state index contributed by atoms with van der Waals surface area (Å²) in [6.07, 6.45) is 7.63. The average Bonchev–Trinajstić information content (AvgIpc) is 2.39. The monoisotopic (exact) mass is 276 g/mol. The Labute approximate surface area is 116 Å². The molecule has 2 heterocycles. The summed E-state index contributed by atoms with van der Waals surface area (Å²) >= 11 is 0. The quantitative estimate of drug-likeness (QED) is 0.821. The van der Waals surface area contributed by atoms with Gasteiger partial charge in [0.1, 0.15) is 0 Å². The Bertz CT molecular complexity index is 239. The molecule has 0 aromatic rings. The smallest absolute Gasteiger partial charge is 0.220 e. The van der Waals surface area contributed by atoms with E-state index >= 15 is 0 Å². The predicted octanol–water partition coefficient (Wildman–Crippen LogP) is 1.63. The van der Waals surface area contributed by atoms with Gasteiger partial charge < -0.3 is 15.4 Å². The van der Waals surface area contributed by atoms with Crippen molar-refractivity contribution < 1.29 is 9.53 Å². The van der Waals surface area contributed by atoms with Gasteiger partial charge in [-0.25, -0.2) is 0 Å². The summed E-state index contributed by atoms with van der Waals surface area (Å²) in [6.45, 7) is 2.88. The SMILES string of the molecule is Cl.O=C(CCC1CCCCO1)N[C@H]1CCCNC1. The third-order valence-corrected chi connectivity index (χ3v) is 3.63. The van der Waals surface area contributed by atoms with Gasteiger partial charge in [-0.2, -0.15) is 0 Å². The number of halogens is 1. The molecule has 0 radical (unpaired) electrons. The van der Waals surface area contributed by atoms with E-state index in [9.17, 15) is 4.79 Å². The zero-order valence-electron chi connectivity index (χ0n) is 11.0. The first kappa shape index (κ1) is 15.7. The second kappa shape index (κ2) is 8.73. The second-order valence-corrected chi connectivity index (χ2v) is 5.14. The Morgan fingerprint density at radius 2 is 2.17 bits per heavy atom. The van der Waals surface area contributed by atoms with Crippen molar-refractivity contribution in [1.29, 1.82) is 0 Å². The number of nitrogens with one attached hydrogen (secondary N) is 2. The Morgan fingerprint density at radius 3 is 2.83 bits per heavy atom. The standard InChI is InChI=1S/C13H24N2O2.ClH/c16-13(15-11-4-3-8-14-10-11)7-6-12-5-1-2-9-17-12;/h11-12,14H,1-10H2,(H,15,16);1H/t11-,12?;/m0./s1. The zero-order chi connectivity index (χ0) is 11.9. The van der Waals surface area contributed by atoms with Crippen molar-refractivity contribution in [2.75, 3.05) is 19.7 Å². The molecule has 0 spiro atoms. The van der Waals surface area contributed by atoms with Crippen molar-refractivity contribution >= 4 is 18.3 Å². The van der Waals surface area contributed by atoms with Crippen LogP contribution >= 0.6 is 12.4 Å². The van der Waals surface area contributed by atoms with Gasteiger partial charge in [-0.15, -0.1) is 12.4 Å². The maximum atomic E-state index is 11.8. The molecule has 0 bridgehead atoms. The lowest BCUT2D eigenvalue weighted by molar-refractivity contribution is -0.122. The minimum Gasteiger partial charge on any atom is -0.378 e. The van der Waals surface area contributed by atoms with Crippen LogP contribution in [0.5, 0.6) is 0 Å². The summed E-state index contributed by atoms with van der Waals surface area (Å²) in [5, 5.41) is 6.41. The number of rotatable bonds is 4. The van der Waals surface area contributed by atoms with Gasteiger partial charge in [0.05, 0.1) is 6.10 Å². The molecule has 2 atom stereocenters. The molecule has 4 nitrogen and oxygen atoms in total. The third kappa shape index (κ3) is 5.55. The van der Waals surface area contributed by atoms with Crippen LogP contribution in [0.25, 0.3) is 0 Å². The molecule has 2 aliphatic rings. The van der Waals surface area contributed by atoms with E-state index in [-0.39, 0.29) is 18.3 Å². The molecule has 2 saturated heterocycles. The Balaban J connectivity index is 0.00000162.